The Hall–Kier alpha value is -1.17. The van der Waals surface area contributed by atoms with Crippen molar-refractivity contribution >= 4 is 28.4 Å². The van der Waals surface area contributed by atoms with Crippen molar-refractivity contribution in [2.75, 3.05) is 5.73 Å². The van der Waals surface area contributed by atoms with Gasteiger partial charge < -0.3 is 5.73 Å². The van der Waals surface area contributed by atoms with E-state index in [2.05, 4.69) is 58.8 Å². The fourth-order valence-electron chi connectivity index (χ4n) is 2.69. The molecule has 4 heteroatoms. The number of hydrogen-bond acceptors (Lipinski definition) is 3. The van der Waals surface area contributed by atoms with E-state index in [1.807, 2.05) is 0 Å². The zero-order valence-electron chi connectivity index (χ0n) is 10.9. The maximum absolute atomic E-state index is 6.01. The topological polar surface area (TPSA) is 51.8 Å². The van der Waals surface area contributed by atoms with Crippen molar-refractivity contribution in [1.29, 1.82) is 0 Å². The molecule has 0 amide bonds. The number of rotatable bonds is 2. The number of aromatic nitrogens is 2. The summed E-state index contributed by atoms with van der Waals surface area (Å²) in [6, 6.07) is 8.60. The van der Waals surface area contributed by atoms with Crippen LogP contribution in [0.3, 0.4) is 0 Å². The molecule has 1 aliphatic rings. The van der Waals surface area contributed by atoms with Crippen molar-refractivity contribution in [1.82, 2.24) is 9.97 Å². The Kier molecular flexibility index (Phi) is 3.43. The first kappa shape index (κ1) is 12.8. The Bertz CT molecular complexity index is 600. The van der Waals surface area contributed by atoms with Gasteiger partial charge in [-0.1, -0.05) is 31.2 Å². The van der Waals surface area contributed by atoms with Crippen LogP contribution in [0.25, 0.3) is 0 Å². The second-order valence-corrected chi connectivity index (χ2v) is 6.03. The number of hydrogen-bond donors (Lipinski definition) is 1. The lowest BCUT2D eigenvalue weighted by atomic mass is 10.1. The summed E-state index contributed by atoms with van der Waals surface area (Å²) in [7, 11) is 0. The van der Waals surface area contributed by atoms with Gasteiger partial charge in [0.05, 0.1) is 9.26 Å². The molecule has 0 atom stereocenters. The molecule has 1 heterocycles. The molecule has 0 radical (unpaired) electrons. The predicted octanol–water partition coefficient (Wildman–Crippen LogP) is 3.11. The summed E-state index contributed by atoms with van der Waals surface area (Å²) < 4.78 is 0.999. The van der Waals surface area contributed by atoms with Gasteiger partial charge in [0, 0.05) is 5.92 Å². The van der Waals surface area contributed by atoms with E-state index >= 15 is 0 Å². The van der Waals surface area contributed by atoms with E-state index < -0.39 is 0 Å². The van der Waals surface area contributed by atoms with Crippen LogP contribution in [0.2, 0.25) is 0 Å². The SMILES string of the molecule is CCc1nc(C2Cc3ccccc3C2)nc(N)c1I. The van der Waals surface area contributed by atoms with Gasteiger partial charge in [-0.15, -0.1) is 0 Å². The number of benzene rings is 1. The fourth-order valence-corrected chi connectivity index (χ4v) is 3.31. The summed E-state index contributed by atoms with van der Waals surface area (Å²) in [5.41, 5.74) is 9.92. The average Bonchev–Trinajstić information content (AvgIpc) is 2.85. The van der Waals surface area contributed by atoms with E-state index in [0.29, 0.717) is 11.7 Å². The maximum atomic E-state index is 6.01. The van der Waals surface area contributed by atoms with E-state index in [0.717, 1.165) is 34.4 Å². The van der Waals surface area contributed by atoms with Gasteiger partial charge in [-0.3, -0.25) is 0 Å². The van der Waals surface area contributed by atoms with Crippen LogP contribution in [-0.4, -0.2) is 9.97 Å². The normalized spacial score (nSPS) is 14.6. The monoisotopic (exact) mass is 365 g/mol. The summed E-state index contributed by atoms with van der Waals surface area (Å²) in [4.78, 5) is 9.22. The molecule has 19 heavy (non-hydrogen) atoms. The zero-order valence-corrected chi connectivity index (χ0v) is 13.0. The van der Waals surface area contributed by atoms with Gasteiger partial charge in [-0.25, -0.2) is 9.97 Å². The Morgan fingerprint density at radius 1 is 1.21 bits per heavy atom. The Morgan fingerprint density at radius 3 is 2.42 bits per heavy atom. The second-order valence-electron chi connectivity index (χ2n) is 4.96. The quantitative estimate of drug-likeness (QED) is 0.833. The van der Waals surface area contributed by atoms with Crippen molar-refractivity contribution in [3.63, 3.8) is 0 Å². The maximum Gasteiger partial charge on any atom is 0.140 e. The number of halogens is 1. The van der Waals surface area contributed by atoms with Gasteiger partial charge >= 0.3 is 0 Å². The molecule has 1 aliphatic carbocycles. The molecule has 0 aliphatic heterocycles. The van der Waals surface area contributed by atoms with Gasteiger partial charge in [0.1, 0.15) is 11.6 Å². The van der Waals surface area contributed by atoms with Crippen molar-refractivity contribution in [3.05, 3.63) is 50.5 Å². The molecule has 0 bridgehead atoms. The number of nitrogens with zero attached hydrogens (tertiary/aromatic N) is 2. The molecule has 0 saturated carbocycles. The smallest absolute Gasteiger partial charge is 0.140 e. The molecule has 1 aromatic heterocycles. The molecule has 0 fully saturated rings. The largest absolute Gasteiger partial charge is 0.383 e. The van der Waals surface area contributed by atoms with Crippen molar-refractivity contribution in [2.24, 2.45) is 0 Å². The summed E-state index contributed by atoms with van der Waals surface area (Å²) in [5.74, 6) is 1.91. The standard InChI is InChI=1S/C15H16IN3/c1-2-12-13(16)14(17)19-15(18-12)11-7-9-5-3-4-6-10(9)8-11/h3-6,11H,2,7-8H2,1H3,(H2,17,18,19). The van der Waals surface area contributed by atoms with Crippen molar-refractivity contribution < 1.29 is 0 Å². The van der Waals surface area contributed by atoms with E-state index in [1.54, 1.807) is 0 Å². The third-order valence-corrected chi connectivity index (χ3v) is 4.89. The predicted molar refractivity (Wildman–Crippen MR) is 85.1 cm³/mol. The number of aryl methyl sites for hydroxylation is 1. The number of nitrogens with two attached hydrogens (primary N) is 1. The van der Waals surface area contributed by atoms with Crippen LogP contribution in [0, 0.1) is 3.57 Å². The minimum absolute atomic E-state index is 0.377. The molecular weight excluding hydrogens is 349 g/mol. The molecule has 3 rings (SSSR count). The lowest BCUT2D eigenvalue weighted by molar-refractivity contribution is 0.675. The zero-order chi connectivity index (χ0) is 13.4. The van der Waals surface area contributed by atoms with E-state index in [-0.39, 0.29) is 0 Å². The summed E-state index contributed by atoms with van der Waals surface area (Å²) >= 11 is 2.23. The molecular formula is C15H16IN3. The molecule has 0 unspecified atom stereocenters. The van der Waals surface area contributed by atoms with Crippen LogP contribution in [0.4, 0.5) is 5.82 Å². The molecule has 0 spiro atoms. The van der Waals surface area contributed by atoms with Crippen LogP contribution in [-0.2, 0) is 19.3 Å². The fraction of sp³-hybridized carbons (Fsp3) is 0.333. The highest BCUT2D eigenvalue weighted by molar-refractivity contribution is 14.1. The Labute approximate surface area is 126 Å². The van der Waals surface area contributed by atoms with Crippen LogP contribution in [0.5, 0.6) is 0 Å². The molecule has 3 nitrogen and oxygen atoms in total. The van der Waals surface area contributed by atoms with Crippen molar-refractivity contribution in [3.8, 4) is 0 Å². The van der Waals surface area contributed by atoms with Crippen molar-refractivity contribution in [2.45, 2.75) is 32.1 Å². The highest BCUT2D eigenvalue weighted by atomic mass is 127. The van der Waals surface area contributed by atoms with Gasteiger partial charge in [0.15, 0.2) is 0 Å². The summed E-state index contributed by atoms with van der Waals surface area (Å²) in [5, 5.41) is 0. The highest BCUT2D eigenvalue weighted by Crippen LogP contribution is 2.33. The Morgan fingerprint density at radius 2 is 1.84 bits per heavy atom. The molecule has 1 aromatic carbocycles. The lowest BCUT2D eigenvalue weighted by Gasteiger charge is -2.12. The first-order valence-corrected chi connectivity index (χ1v) is 7.65. The number of nitrogen functional groups attached to an aromatic ring is 1. The van der Waals surface area contributed by atoms with Crippen LogP contribution < -0.4 is 5.73 Å². The minimum atomic E-state index is 0.377. The molecule has 2 aromatic rings. The third kappa shape index (κ3) is 2.33. The Balaban J connectivity index is 1.95. The van der Waals surface area contributed by atoms with Gasteiger partial charge in [-0.05, 0) is 53.0 Å². The van der Waals surface area contributed by atoms with Crippen LogP contribution in [0.15, 0.2) is 24.3 Å². The van der Waals surface area contributed by atoms with Gasteiger partial charge in [0.2, 0.25) is 0 Å². The second kappa shape index (κ2) is 5.07. The number of anilines is 1. The van der Waals surface area contributed by atoms with Gasteiger partial charge in [-0.2, -0.15) is 0 Å². The average molecular weight is 365 g/mol. The van der Waals surface area contributed by atoms with E-state index in [1.165, 1.54) is 11.1 Å². The lowest BCUT2D eigenvalue weighted by Crippen LogP contribution is -2.11. The first-order valence-electron chi connectivity index (χ1n) is 6.57. The van der Waals surface area contributed by atoms with E-state index in [9.17, 15) is 0 Å². The summed E-state index contributed by atoms with van der Waals surface area (Å²) in [6.07, 6.45) is 2.95. The molecule has 98 valence electrons. The minimum Gasteiger partial charge on any atom is -0.383 e. The molecule has 2 N–H and O–H groups in total. The molecule has 0 saturated heterocycles. The number of fused-ring (bicyclic) bond motifs is 1. The van der Waals surface area contributed by atoms with Gasteiger partial charge in [0.25, 0.3) is 0 Å². The summed E-state index contributed by atoms with van der Waals surface area (Å²) in [6.45, 7) is 2.11. The first-order chi connectivity index (χ1) is 9.19. The van der Waals surface area contributed by atoms with Crippen LogP contribution in [0.1, 0.15) is 35.5 Å². The highest BCUT2D eigenvalue weighted by Gasteiger charge is 2.25. The van der Waals surface area contributed by atoms with Crippen LogP contribution >= 0.6 is 22.6 Å². The third-order valence-electron chi connectivity index (χ3n) is 3.71. The van der Waals surface area contributed by atoms with E-state index in [4.69, 9.17) is 10.7 Å².